The third-order valence-corrected chi connectivity index (χ3v) is 3.98. The van der Waals surface area contributed by atoms with Crippen molar-refractivity contribution >= 4 is 28.9 Å². The maximum Gasteiger partial charge on any atom is 0.256 e. The number of benzene rings is 2. The van der Waals surface area contributed by atoms with Gasteiger partial charge in [-0.15, -0.1) is 0 Å². The summed E-state index contributed by atoms with van der Waals surface area (Å²) in [4.78, 5) is 27.9. The molecule has 124 valence electrons. The molecule has 0 aliphatic carbocycles. The summed E-state index contributed by atoms with van der Waals surface area (Å²) in [5.41, 5.74) is 2.31. The number of aromatic hydroxyl groups is 1. The van der Waals surface area contributed by atoms with Crippen LogP contribution in [0.3, 0.4) is 0 Å². The molecule has 1 unspecified atom stereocenters. The lowest BCUT2D eigenvalue weighted by Gasteiger charge is -2.17. The number of phenolic OH excluding ortho intramolecular Hbond substituents is 1. The molecule has 0 saturated carbocycles. The third-order valence-electron chi connectivity index (χ3n) is 3.98. The average molecular weight is 325 g/mol. The van der Waals surface area contributed by atoms with Crippen LogP contribution in [0.1, 0.15) is 6.42 Å². The van der Waals surface area contributed by atoms with Gasteiger partial charge in [-0.1, -0.05) is 0 Å². The average Bonchev–Trinajstić information content (AvgIpc) is 2.83. The van der Waals surface area contributed by atoms with E-state index in [0.29, 0.717) is 5.69 Å². The van der Waals surface area contributed by atoms with E-state index >= 15 is 0 Å². The first-order valence-corrected chi connectivity index (χ1v) is 7.65. The molecule has 0 radical (unpaired) electrons. The van der Waals surface area contributed by atoms with Crippen molar-refractivity contribution < 1.29 is 14.7 Å². The summed E-state index contributed by atoms with van der Waals surface area (Å²) < 4.78 is 0. The number of nitrogens with zero attached hydrogens (tertiary/aromatic N) is 2. The lowest BCUT2D eigenvalue weighted by molar-refractivity contribution is -0.121. The summed E-state index contributed by atoms with van der Waals surface area (Å²) in [6.45, 7) is 0. The summed E-state index contributed by atoms with van der Waals surface area (Å²) in [6, 6.07) is 13.1. The van der Waals surface area contributed by atoms with Crippen LogP contribution in [-0.4, -0.2) is 37.1 Å². The number of amides is 2. The van der Waals surface area contributed by atoms with Gasteiger partial charge in [0.1, 0.15) is 11.8 Å². The Balaban J connectivity index is 1.75. The van der Waals surface area contributed by atoms with Gasteiger partial charge in [-0.05, 0) is 48.5 Å². The first-order valence-electron chi connectivity index (χ1n) is 7.65. The Labute approximate surface area is 140 Å². The molecule has 2 aromatic rings. The van der Waals surface area contributed by atoms with Gasteiger partial charge in [-0.2, -0.15) is 0 Å². The number of phenols is 1. The van der Waals surface area contributed by atoms with Crippen LogP contribution in [0.5, 0.6) is 5.75 Å². The zero-order chi connectivity index (χ0) is 17.3. The molecule has 0 bridgehead atoms. The number of carbonyl (C=O) groups excluding carboxylic acids is 2. The predicted octanol–water partition coefficient (Wildman–Crippen LogP) is 2.20. The minimum atomic E-state index is -0.587. The molecule has 1 aliphatic rings. The van der Waals surface area contributed by atoms with E-state index in [0.717, 1.165) is 16.3 Å². The minimum Gasteiger partial charge on any atom is -0.508 e. The van der Waals surface area contributed by atoms with Crippen LogP contribution in [0.4, 0.5) is 17.1 Å². The first-order chi connectivity index (χ1) is 11.5. The van der Waals surface area contributed by atoms with Crippen LogP contribution in [0.2, 0.25) is 0 Å². The predicted molar refractivity (Wildman–Crippen MR) is 93.4 cm³/mol. The highest BCUT2D eigenvalue weighted by molar-refractivity contribution is 6.23. The van der Waals surface area contributed by atoms with E-state index in [1.165, 1.54) is 12.1 Å². The summed E-state index contributed by atoms with van der Waals surface area (Å²) in [6.07, 6.45) is 0.106. The van der Waals surface area contributed by atoms with Crippen LogP contribution >= 0.6 is 0 Å². The molecule has 2 amide bonds. The quantitative estimate of drug-likeness (QED) is 0.843. The lowest BCUT2D eigenvalue weighted by Crippen LogP contribution is -2.34. The van der Waals surface area contributed by atoms with Gasteiger partial charge in [0.2, 0.25) is 5.91 Å². The van der Waals surface area contributed by atoms with Crippen molar-refractivity contribution in [1.29, 1.82) is 0 Å². The number of anilines is 3. The number of hydrogen-bond donors (Lipinski definition) is 2. The maximum absolute atomic E-state index is 12.6. The number of nitrogens with one attached hydrogen (secondary N) is 1. The fourth-order valence-electron chi connectivity index (χ4n) is 2.67. The lowest BCUT2D eigenvalue weighted by atomic mass is 10.2. The Kier molecular flexibility index (Phi) is 4.12. The Morgan fingerprint density at radius 3 is 2.25 bits per heavy atom. The van der Waals surface area contributed by atoms with Crippen LogP contribution in [0.25, 0.3) is 0 Å². The van der Waals surface area contributed by atoms with Crippen molar-refractivity contribution in [3.63, 3.8) is 0 Å². The SMILES string of the molecule is CN(C)c1ccc(NC2CC(=O)N(c3ccc(O)cc3)C2=O)cc1. The molecule has 0 spiro atoms. The molecule has 6 heteroatoms. The second kappa shape index (κ2) is 6.23. The largest absolute Gasteiger partial charge is 0.508 e. The normalized spacial score (nSPS) is 17.2. The van der Waals surface area contributed by atoms with Crippen molar-refractivity contribution in [3.05, 3.63) is 48.5 Å². The van der Waals surface area contributed by atoms with Gasteiger partial charge in [0, 0.05) is 25.5 Å². The Hall–Kier alpha value is -3.02. The zero-order valence-corrected chi connectivity index (χ0v) is 13.6. The maximum atomic E-state index is 12.6. The first kappa shape index (κ1) is 15.9. The highest BCUT2D eigenvalue weighted by atomic mass is 16.3. The van der Waals surface area contributed by atoms with Gasteiger partial charge in [-0.3, -0.25) is 9.59 Å². The van der Waals surface area contributed by atoms with E-state index in [1.807, 2.05) is 43.3 Å². The molecule has 0 aromatic heterocycles. The molecule has 1 saturated heterocycles. The minimum absolute atomic E-state index is 0.0912. The smallest absolute Gasteiger partial charge is 0.256 e. The van der Waals surface area contributed by atoms with Crippen molar-refractivity contribution in [1.82, 2.24) is 0 Å². The van der Waals surface area contributed by atoms with E-state index in [1.54, 1.807) is 12.1 Å². The Bertz CT molecular complexity index is 754. The van der Waals surface area contributed by atoms with E-state index in [9.17, 15) is 14.7 Å². The molecule has 2 aromatic carbocycles. The molecule has 1 atom stereocenters. The number of rotatable bonds is 4. The van der Waals surface area contributed by atoms with Gasteiger partial charge in [0.25, 0.3) is 5.91 Å². The molecule has 1 fully saturated rings. The van der Waals surface area contributed by atoms with Gasteiger partial charge >= 0.3 is 0 Å². The molecule has 24 heavy (non-hydrogen) atoms. The van der Waals surface area contributed by atoms with Crippen LogP contribution < -0.4 is 15.1 Å². The zero-order valence-electron chi connectivity index (χ0n) is 13.6. The molecular formula is C18H19N3O3. The van der Waals surface area contributed by atoms with Crippen LogP contribution in [0.15, 0.2) is 48.5 Å². The van der Waals surface area contributed by atoms with Crippen LogP contribution in [-0.2, 0) is 9.59 Å². The highest BCUT2D eigenvalue weighted by Crippen LogP contribution is 2.26. The summed E-state index contributed by atoms with van der Waals surface area (Å²) in [7, 11) is 3.91. The molecule has 6 nitrogen and oxygen atoms in total. The number of carbonyl (C=O) groups is 2. The Morgan fingerprint density at radius 1 is 1.04 bits per heavy atom. The topological polar surface area (TPSA) is 72.9 Å². The van der Waals surface area contributed by atoms with Crippen molar-refractivity contribution in [2.45, 2.75) is 12.5 Å². The number of imide groups is 1. The van der Waals surface area contributed by atoms with E-state index in [4.69, 9.17) is 0 Å². The molecule has 2 N–H and O–H groups in total. The van der Waals surface area contributed by atoms with Gasteiger partial charge in [0.15, 0.2) is 0 Å². The second-order valence-corrected chi connectivity index (χ2v) is 5.93. The Morgan fingerprint density at radius 2 is 1.67 bits per heavy atom. The molecular weight excluding hydrogens is 306 g/mol. The molecule has 3 rings (SSSR count). The monoisotopic (exact) mass is 325 g/mol. The van der Waals surface area contributed by atoms with Gasteiger partial charge in [-0.25, -0.2) is 4.90 Å². The van der Waals surface area contributed by atoms with Gasteiger partial charge in [0.05, 0.1) is 12.1 Å². The van der Waals surface area contributed by atoms with E-state index in [2.05, 4.69) is 5.32 Å². The van der Waals surface area contributed by atoms with E-state index < -0.39 is 6.04 Å². The second-order valence-electron chi connectivity index (χ2n) is 5.93. The van der Waals surface area contributed by atoms with Crippen molar-refractivity contribution in [2.24, 2.45) is 0 Å². The summed E-state index contributed by atoms with van der Waals surface area (Å²) in [5, 5.41) is 12.5. The van der Waals surface area contributed by atoms with Crippen molar-refractivity contribution in [2.75, 3.05) is 29.2 Å². The summed E-state index contributed by atoms with van der Waals surface area (Å²) >= 11 is 0. The third kappa shape index (κ3) is 3.03. The fraction of sp³-hybridized carbons (Fsp3) is 0.222. The summed E-state index contributed by atoms with van der Waals surface area (Å²) in [5.74, 6) is -0.455. The van der Waals surface area contributed by atoms with Crippen molar-refractivity contribution in [3.8, 4) is 5.75 Å². The molecule has 1 aliphatic heterocycles. The number of hydrogen-bond acceptors (Lipinski definition) is 5. The molecule has 1 heterocycles. The van der Waals surface area contributed by atoms with Gasteiger partial charge < -0.3 is 15.3 Å². The van der Waals surface area contributed by atoms with E-state index in [-0.39, 0.29) is 24.0 Å². The van der Waals surface area contributed by atoms with Crippen LogP contribution in [0, 0.1) is 0 Å². The highest BCUT2D eigenvalue weighted by Gasteiger charge is 2.39. The fourth-order valence-corrected chi connectivity index (χ4v) is 2.67. The standard InChI is InChI=1S/C18H19N3O3/c1-20(2)13-5-3-12(4-6-13)19-16-11-17(23)21(18(16)24)14-7-9-15(22)10-8-14/h3-10,16,19,22H,11H2,1-2H3.